The first-order valence-corrected chi connectivity index (χ1v) is 8.47. The fourth-order valence-corrected chi connectivity index (χ4v) is 4.59. The number of carbonyl (C=O) groups excluding carboxylic acids is 3. The van der Waals surface area contributed by atoms with E-state index in [9.17, 15) is 34.8 Å². The summed E-state index contributed by atoms with van der Waals surface area (Å²) in [5.41, 5.74) is 4.69. The molecular weight excluding hydrogens is 354 g/mol. The van der Waals surface area contributed by atoms with Crippen LogP contribution in [0.4, 0.5) is 0 Å². The lowest BCUT2D eigenvalue weighted by molar-refractivity contribution is -0.128. The minimum atomic E-state index is -1.20. The highest BCUT2D eigenvalue weighted by Crippen LogP contribution is 2.53. The van der Waals surface area contributed by atoms with Crippen LogP contribution in [0.2, 0.25) is 0 Å². The van der Waals surface area contributed by atoms with Crippen LogP contribution in [0, 0.1) is 17.8 Å². The number of aromatic hydroxyl groups is 1. The summed E-state index contributed by atoms with van der Waals surface area (Å²) < 4.78 is 0. The minimum Gasteiger partial charge on any atom is -0.511 e. The molecule has 0 aromatic heterocycles. The van der Waals surface area contributed by atoms with Gasteiger partial charge in [-0.1, -0.05) is 12.1 Å². The predicted molar refractivity (Wildman–Crippen MR) is 91.2 cm³/mol. The van der Waals surface area contributed by atoms with Gasteiger partial charge in [0.15, 0.2) is 11.6 Å². The summed E-state index contributed by atoms with van der Waals surface area (Å²) in [6.45, 7) is 0. The second-order valence-corrected chi connectivity index (χ2v) is 7.14. The third-order valence-electron chi connectivity index (χ3n) is 5.74. The molecule has 4 rings (SSSR count). The molecule has 27 heavy (non-hydrogen) atoms. The van der Waals surface area contributed by atoms with Gasteiger partial charge in [0, 0.05) is 17.9 Å². The molecule has 0 saturated heterocycles. The fraction of sp³-hybridized carbons (Fsp3) is 0.316. The Hall–Kier alpha value is -3.13. The molecular formula is C19H17NO7. The van der Waals surface area contributed by atoms with E-state index >= 15 is 0 Å². The molecule has 0 spiro atoms. The number of fused-ring (bicyclic) bond motifs is 3. The lowest BCUT2D eigenvalue weighted by atomic mass is 9.61. The monoisotopic (exact) mass is 371 g/mol. The first-order valence-electron chi connectivity index (χ1n) is 8.47. The van der Waals surface area contributed by atoms with E-state index < -0.39 is 58.4 Å². The molecule has 1 aromatic carbocycles. The number of benzene rings is 1. The number of carbonyl (C=O) groups is 3. The van der Waals surface area contributed by atoms with Crippen LogP contribution in [-0.2, 0) is 14.4 Å². The maximum Gasteiger partial charge on any atom is 0.255 e. The average Bonchev–Trinajstić information content (AvgIpc) is 2.58. The van der Waals surface area contributed by atoms with Gasteiger partial charge in [0.05, 0.1) is 17.6 Å². The number of allylic oxidation sites excluding steroid dienone is 1. The molecule has 3 aliphatic carbocycles. The van der Waals surface area contributed by atoms with Crippen molar-refractivity contribution in [2.45, 2.75) is 18.9 Å². The van der Waals surface area contributed by atoms with Crippen molar-refractivity contribution in [2.24, 2.45) is 23.5 Å². The van der Waals surface area contributed by atoms with Gasteiger partial charge in [-0.25, -0.2) is 0 Å². The van der Waals surface area contributed by atoms with Crippen LogP contribution in [0.25, 0.3) is 5.76 Å². The molecule has 0 radical (unpaired) electrons. The zero-order valence-electron chi connectivity index (χ0n) is 14.0. The van der Waals surface area contributed by atoms with Crippen molar-refractivity contribution < 1.29 is 34.8 Å². The summed E-state index contributed by atoms with van der Waals surface area (Å²) in [6.07, 6.45) is -1.18. The Morgan fingerprint density at radius 1 is 1.15 bits per heavy atom. The van der Waals surface area contributed by atoms with E-state index in [4.69, 9.17) is 5.73 Å². The number of rotatable bonds is 1. The smallest absolute Gasteiger partial charge is 0.255 e. The van der Waals surface area contributed by atoms with Crippen LogP contribution in [-0.4, -0.2) is 37.9 Å². The molecule has 0 bridgehead atoms. The Kier molecular flexibility index (Phi) is 3.64. The Morgan fingerprint density at radius 3 is 2.52 bits per heavy atom. The van der Waals surface area contributed by atoms with Crippen LogP contribution >= 0.6 is 0 Å². The SMILES string of the molecule is NC(=O)C1=C(O)C2C(=O)C3=C(O)c4c(O)cccc4[C@@H](O)C3CC2CC1=O. The number of Topliss-reactive ketones (excluding diaryl/α,β-unsaturated/α-hetero) is 2. The first kappa shape index (κ1) is 17.3. The highest BCUT2D eigenvalue weighted by atomic mass is 16.3. The lowest BCUT2D eigenvalue weighted by Crippen LogP contribution is -2.45. The van der Waals surface area contributed by atoms with Crippen molar-refractivity contribution in [3.8, 4) is 5.75 Å². The van der Waals surface area contributed by atoms with Crippen molar-refractivity contribution in [1.29, 1.82) is 0 Å². The van der Waals surface area contributed by atoms with Crippen molar-refractivity contribution >= 4 is 23.2 Å². The predicted octanol–water partition coefficient (Wildman–Crippen LogP) is 0.800. The fourth-order valence-electron chi connectivity index (χ4n) is 4.59. The van der Waals surface area contributed by atoms with E-state index in [0.29, 0.717) is 0 Å². The first-order chi connectivity index (χ1) is 12.7. The Bertz CT molecular complexity index is 974. The molecule has 0 heterocycles. The second kappa shape index (κ2) is 5.68. The molecule has 1 fully saturated rings. The third kappa shape index (κ3) is 2.23. The van der Waals surface area contributed by atoms with Crippen LogP contribution in [0.3, 0.4) is 0 Å². The van der Waals surface area contributed by atoms with E-state index in [2.05, 4.69) is 0 Å². The van der Waals surface area contributed by atoms with E-state index in [0.717, 1.165) is 0 Å². The molecule has 8 nitrogen and oxygen atoms in total. The average molecular weight is 371 g/mol. The normalized spacial score (nSPS) is 30.0. The largest absolute Gasteiger partial charge is 0.511 e. The van der Waals surface area contributed by atoms with Crippen molar-refractivity contribution in [3.05, 3.63) is 46.2 Å². The van der Waals surface area contributed by atoms with Gasteiger partial charge in [-0.3, -0.25) is 14.4 Å². The zero-order valence-corrected chi connectivity index (χ0v) is 14.0. The molecule has 6 N–H and O–H groups in total. The van der Waals surface area contributed by atoms with Gasteiger partial charge in [-0.2, -0.15) is 0 Å². The summed E-state index contributed by atoms with van der Waals surface area (Å²) in [5.74, 6) is -6.50. The molecule has 1 saturated carbocycles. The van der Waals surface area contributed by atoms with Gasteiger partial charge in [0.1, 0.15) is 22.8 Å². The van der Waals surface area contributed by atoms with E-state index in [1.165, 1.54) is 18.2 Å². The van der Waals surface area contributed by atoms with Crippen LogP contribution in [0.1, 0.15) is 30.1 Å². The van der Waals surface area contributed by atoms with Gasteiger partial charge in [-0.05, 0) is 24.0 Å². The van der Waals surface area contributed by atoms with E-state index in [-0.39, 0.29) is 35.3 Å². The van der Waals surface area contributed by atoms with Crippen LogP contribution in [0.5, 0.6) is 5.75 Å². The number of ketones is 2. The van der Waals surface area contributed by atoms with E-state index in [1.54, 1.807) is 0 Å². The van der Waals surface area contributed by atoms with E-state index in [1.807, 2.05) is 0 Å². The lowest BCUT2D eigenvalue weighted by Gasteiger charge is -2.42. The summed E-state index contributed by atoms with van der Waals surface area (Å²) in [5, 5.41) is 41.9. The Labute approximate surface area is 153 Å². The molecule has 140 valence electrons. The number of phenols is 1. The summed E-state index contributed by atoms with van der Waals surface area (Å²) in [7, 11) is 0. The van der Waals surface area contributed by atoms with Crippen molar-refractivity contribution in [1.82, 2.24) is 0 Å². The van der Waals surface area contributed by atoms with Crippen LogP contribution in [0.15, 0.2) is 35.1 Å². The van der Waals surface area contributed by atoms with Gasteiger partial charge >= 0.3 is 0 Å². The van der Waals surface area contributed by atoms with Crippen molar-refractivity contribution in [2.75, 3.05) is 0 Å². The molecule has 1 aromatic rings. The quantitative estimate of drug-likeness (QED) is 0.457. The maximum absolute atomic E-state index is 13.1. The molecule has 3 aliphatic rings. The van der Waals surface area contributed by atoms with Crippen LogP contribution < -0.4 is 5.73 Å². The zero-order chi connectivity index (χ0) is 19.6. The third-order valence-corrected chi connectivity index (χ3v) is 5.74. The summed E-state index contributed by atoms with van der Waals surface area (Å²) in [4.78, 5) is 36.8. The number of amides is 1. The Morgan fingerprint density at radius 2 is 1.85 bits per heavy atom. The maximum atomic E-state index is 13.1. The number of phenolic OH excluding ortho intramolecular Hbond substituents is 1. The highest BCUT2D eigenvalue weighted by molar-refractivity contribution is 6.21. The van der Waals surface area contributed by atoms with Crippen molar-refractivity contribution in [3.63, 3.8) is 0 Å². The standard InChI is InChI=1S/C19H17NO7/c20-19(27)14-10(22)5-6-4-8-13(16(24)11(6)17(14)25)18(26)12-7(15(8)23)2-1-3-9(12)21/h1-3,6,8,11,15,21,23,25-26H,4-5H2,(H2,20,27)/t6?,8?,11?,15-/m1/s1. The summed E-state index contributed by atoms with van der Waals surface area (Å²) >= 11 is 0. The molecule has 0 aliphatic heterocycles. The topological polar surface area (TPSA) is 158 Å². The minimum absolute atomic E-state index is 0.0338. The number of aliphatic hydroxyl groups is 3. The number of hydrogen-bond acceptors (Lipinski definition) is 7. The summed E-state index contributed by atoms with van der Waals surface area (Å²) in [6, 6.07) is 4.37. The number of primary amides is 1. The molecule has 1 amide bonds. The molecule has 8 heteroatoms. The number of hydrogen-bond donors (Lipinski definition) is 5. The number of nitrogens with two attached hydrogens (primary N) is 1. The second-order valence-electron chi connectivity index (χ2n) is 7.14. The molecule has 4 atom stereocenters. The highest BCUT2D eigenvalue weighted by Gasteiger charge is 2.52. The molecule has 3 unspecified atom stereocenters. The van der Waals surface area contributed by atoms with Gasteiger partial charge in [0.2, 0.25) is 0 Å². The van der Waals surface area contributed by atoms with Gasteiger partial charge in [-0.15, -0.1) is 0 Å². The van der Waals surface area contributed by atoms with Gasteiger partial charge in [0.25, 0.3) is 5.91 Å². The van der Waals surface area contributed by atoms with Gasteiger partial charge < -0.3 is 26.2 Å². The number of aliphatic hydroxyl groups excluding tert-OH is 3. The Balaban J connectivity index is 1.91.